The molecule has 0 heterocycles. The largest absolute Gasteiger partial charge is 0.494 e. The topological polar surface area (TPSA) is 78.8 Å². The molecule has 1 aromatic rings. The molecule has 1 aromatic carbocycles. The van der Waals surface area contributed by atoms with Crippen LogP contribution in [0.2, 0.25) is 0 Å². The van der Waals surface area contributed by atoms with Crippen molar-refractivity contribution in [3.63, 3.8) is 0 Å². The van der Waals surface area contributed by atoms with Crippen molar-refractivity contribution in [1.29, 1.82) is 0 Å². The summed E-state index contributed by atoms with van der Waals surface area (Å²) in [7, 11) is 0. The molecule has 2 rings (SSSR count). The predicted molar refractivity (Wildman–Crippen MR) is 74.7 cm³/mol. The van der Waals surface area contributed by atoms with Crippen molar-refractivity contribution in [2.45, 2.75) is 31.9 Å². The average Bonchev–Trinajstić information content (AvgIpc) is 2.80. The highest BCUT2D eigenvalue weighted by Gasteiger charge is 2.33. The molecule has 0 bridgehead atoms. The molecule has 1 saturated carbocycles. The molecule has 0 unspecified atom stereocenters. The fourth-order valence-electron chi connectivity index (χ4n) is 2.55. The normalized spacial score (nSPS) is 25.4. The van der Waals surface area contributed by atoms with Crippen molar-refractivity contribution in [3.8, 4) is 5.75 Å². The third kappa shape index (κ3) is 3.49. The number of nitrogens with one attached hydrogen (secondary N) is 1. The van der Waals surface area contributed by atoms with E-state index in [0.717, 1.165) is 5.75 Å². The van der Waals surface area contributed by atoms with Gasteiger partial charge in [0.15, 0.2) is 0 Å². The number of rotatable bonds is 5. The zero-order valence-corrected chi connectivity index (χ0v) is 11.6. The van der Waals surface area contributed by atoms with E-state index in [1.807, 2.05) is 6.92 Å². The minimum absolute atomic E-state index is 0.0450. The van der Waals surface area contributed by atoms with Gasteiger partial charge in [-0.25, -0.2) is 0 Å². The van der Waals surface area contributed by atoms with E-state index in [0.29, 0.717) is 25.0 Å². The first-order valence-electron chi connectivity index (χ1n) is 6.96. The number of amides is 1. The minimum atomic E-state index is -0.536. The lowest BCUT2D eigenvalue weighted by atomic mass is 10.1. The third-order valence-electron chi connectivity index (χ3n) is 3.65. The van der Waals surface area contributed by atoms with Gasteiger partial charge in [-0.3, -0.25) is 4.79 Å². The van der Waals surface area contributed by atoms with E-state index >= 15 is 0 Å². The van der Waals surface area contributed by atoms with Gasteiger partial charge in [0, 0.05) is 24.1 Å². The van der Waals surface area contributed by atoms with Crippen LogP contribution in [-0.4, -0.2) is 41.5 Å². The Morgan fingerprint density at radius 2 is 2.05 bits per heavy atom. The van der Waals surface area contributed by atoms with Crippen LogP contribution >= 0.6 is 0 Å². The van der Waals surface area contributed by atoms with Crippen LogP contribution in [0.15, 0.2) is 24.3 Å². The van der Waals surface area contributed by atoms with Crippen LogP contribution in [-0.2, 0) is 0 Å². The third-order valence-corrected chi connectivity index (χ3v) is 3.65. The molecule has 1 fully saturated rings. The number of ether oxygens (including phenoxy) is 1. The number of hydrogen-bond donors (Lipinski definition) is 3. The Balaban J connectivity index is 1.92. The molecule has 0 radical (unpaired) electrons. The quantitative estimate of drug-likeness (QED) is 0.749. The van der Waals surface area contributed by atoms with Crippen LogP contribution in [0.4, 0.5) is 0 Å². The van der Waals surface area contributed by atoms with Gasteiger partial charge < -0.3 is 20.3 Å². The molecule has 0 aromatic heterocycles. The minimum Gasteiger partial charge on any atom is -0.494 e. The van der Waals surface area contributed by atoms with Gasteiger partial charge in [0.1, 0.15) is 5.75 Å². The smallest absolute Gasteiger partial charge is 0.251 e. The summed E-state index contributed by atoms with van der Waals surface area (Å²) in [5.41, 5.74) is 0.565. The monoisotopic (exact) mass is 279 g/mol. The van der Waals surface area contributed by atoms with Crippen molar-refractivity contribution < 1.29 is 19.7 Å². The second-order valence-corrected chi connectivity index (χ2v) is 5.11. The van der Waals surface area contributed by atoms with Gasteiger partial charge >= 0.3 is 0 Å². The highest BCUT2D eigenvalue weighted by molar-refractivity contribution is 5.94. The molecule has 0 aliphatic heterocycles. The van der Waals surface area contributed by atoms with E-state index in [1.165, 1.54) is 0 Å². The van der Waals surface area contributed by atoms with Gasteiger partial charge in [-0.2, -0.15) is 0 Å². The Hall–Kier alpha value is -1.59. The molecule has 1 amide bonds. The molecular formula is C15H21NO4. The number of aliphatic hydroxyl groups excluding tert-OH is 2. The Morgan fingerprint density at radius 1 is 1.35 bits per heavy atom. The second-order valence-electron chi connectivity index (χ2n) is 5.11. The van der Waals surface area contributed by atoms with Crippen molar-refractivity contribution in [3.05, 3.63) is 29.8 Å². The maximum Gasteiger partial charge on any atom is 0.251 e. The number of aliphatic hydroxyl groups is 2. The van der Waals surface area contributed by atoms with Crippen LogP contribution in [0.5, 0.6) is 5.75 Å². The predicted octanol–water partition coefficient (Wildman–Crippen LogP) is 0.947. The molecule has 1 aliphatic carbocycles. The fourth-order valence-corrected chi connectivity index (χ4v) is 2.55. The molecule has 5 heteroatoms. The van der Waals surface area contributed by atoms with E-state index in [2.05, 4.69) is 5.32 Å². The van der Waals surface area contributed by atoms with Gasteiger partial charge in [0.2, 0.25) is 0 Å². The highest BCUT2D eigenvalue weighted by atomic mass is 16.5. The van der Waals surface area contributed by atoms with Crippen LogP contribution < -0.4 is 10.1 Å². The SMILES string of the molecule is CCOc1ccc(C(=O)N[C@H]2C[C@@H](CO)[C@@H](O)C2)cc1. The lowest BCUT2D eigenvalue weighted by Crippen LogP contribution is -2.33. The molecule has 0 saturated heterocycles. The number of hydrogen-bond acceptors (Lipinski definition) is 4. The Morgan fingerprint density at radius 3 is 2.60 bits per heavy atom. The summed E-state index contributed by atoms with van der Waals surface area (Å²) in [6.07, 6.45) is 0.569. The molecular weight excluding hydrogens is 258 g/mol. The van der Waals surface area contributed by atoms with E-state index in [1.54, 1.807) is 24.3 Å². The van der Waals surface area contributed by atoms with Gasteiger partial charge in [-0.05, 0) is 44.0 Å². The lowest BCUT2D eigenvalue weighted by Gasteiger charge is -2.12. The molecule has 110 valence electrons. The number of carbonyl (C=O) groups excluding carboxylic acids is 1. The molecule has 20 heavy (non-hydrogen) atoms. The summed E-state index contributed by atoms with van der Waals surface area (Å²) < 4.78 is 5.32. The molecule has 1 aliphatic rings. The average molecular weight is 279 g/mol. The van der Waals surface area contributed by atoms with E-state index in [-0.39, 0.29) is 24.5 Å². The summed E-state index contributed by atoms with van der Waals surface area (Å²) in [4.78, 5) is 12.1. The number of carbonyl (C=O) groups is 1. The summed E-state index contributed by atoms with van der Waals surface area (Å²) in [6.45, 7) is 2.45. The zero-order chi connectivity index (χ0) is 14.5. The Bertz CT molecular complexity index is 446. The highest BCUT2D eigenvalue weighted by Crippen LogP contribution is 2.26. The van der Waals surface area contributed by atoms with Crippen LogP contribution in [0.3, 0.4) is 0 Å². The summed E-state index contributed by atoms with van der Waals surface area (Å²) in [5.74, 6) is 0.435. The van der Waals surface area contributed by atoms with E-state index in [9.17, 15) is 9.90 Å². The standard InChI is InChI=1S/C15H21NO4/c1-2-20-13-5-3-10(4-6-13)15(19)16-12-7-11(9-17)14(18)8-12/h3-6,11-12,14,17-18H,2,7-9H2,1H3,(H,16,19)/t11-,12-,14-/m0/s1. The van der Waals surface area contributed by atoms with E-state index < -0.39 is 6.10 Å². The van der Waals surface area contributed by atoms with Crippen molar-refractivity contribution >= 4 is 5.91 Å². The first-order chi connectivity index (χ1) is 9.63. The Kier molecular flexibility index (Phi) is 4.98. The summed E-state index contributed by atoms with van der Waals surface area (Å²) >= 11 is 0. The first kappa shape index (κ1) is 14.8. The molecule has 3 atom stereocenters. The van der Waals surface area contributed by atoms with Gasteiger partial charge in [-0.15, -0.1) is 0 Å². The zero-order valence-electron chi connectivity index (χ0n) is 11.6. The van der Waals surface area contributed by atoms with Crippen molar-refractivity contribution in [2.24, 2.45) is 5.92 Å². The van der Waals surface area contributed by atoms with E-state index in [4.69, 9.17) is 9.84 Å². The van der Waals surface area contributed by atoms with Crippen LogP contribution in [0, 0.1) is 5.92 Å². The van der Waals surface area contributed by atoms with Gasteiger partial charge in [0.25, 0.3) is 5.91 Å². The lowest BCUT2D eigenvalue weighted by molar-refractivity contribution is 0.0903. The molecule has 0 spiro atoms. The number of benzene rings is 1. The summed E-state index contributed by atoms with van der Waals surface area (Å²) in [5, 5.41) is 21.7. The van der Waals surface area contributed by atoms with Gasteiger partial charge in [-0.1, -0.05) is 0 Å². The van der Waals surface area contributed by atoms with Crippen LogP contribution in [0.25, 0.3) is 0 Å². The van der Waals surface area contributed by atoms with Crippen molar-refractivity contribution in [2.75, 3.05) is 13.2 Å². The molecule has 3 N–H and O–H groups in total. The van der Waals surface area contributed by atoms with Crippen LogP contribution in [0.1, 0.15) is 30.1 Å². The Labute approximate surface area is 118 Å². The fraction of sp³-hybridized carbons (Fsp3) is 0.533. The maximum absolute atomic E-state index is 12.1. The second kappa shape index (κ2) is 6.72. The first-order valence-corrected chi connectivity index (χ1v) is 6.96. The maximum atomic E-state index is 12.1. The van der Waals surface area contributed by atoms with Gasteiger partial charge in [0.05, 0.1) is 12.7 Å². The van der Waals surface area contributed by atoms with Crippen molar-refractivity contribution in [1.82, 2.24) is 5.32 Å². The summed E-state index contributed by atoms with van der Waals surface area (Å²) in [6, 6.07) is 6.88. The molecule has 5 nitrogen and oxygen atoms in total.